The number of benzene rings is 1. The predicted molar refractivity (Wildman–Crippen MR) is 73.1 cm³/mol. The average Bonchev–Trinajstić information content (AvgIpc) is 3.01. The number of aromatic nitrogens is 2. The van der Waals surface area contributed by atoms with E-state index in [1.165, 1.54) is 0 Å². The summed E-state index contributed by atoms with van der Waals surface area (Å²) in [5, 5.41) is 8.18. The average molecular weight is 278 g/mol. The van der Waals surface area contributed by atoms with Gasteiger partial charge in [0.1, 0.15) is 0 Å². The summed E-state index contributed by atoms with van der Waals surface area (Å²) in [6.45, 7) is 3.22. The molecule has 1 N–H and O–H groups in total. The molecule has 4 nitrogen and oxygen atoms in total. The van der Waals surface area contributed by atoms with E-state index in [-0.39, 0.29) is 6.04 Å². The molecule has 0 amide bonds. The molecule has 19 heavy (non-hydrogen) atoms. The molecule has 3 rings (SSSR count). The Morgan fingerprint density at radius 2 is 2.16 bits per heavy atom. The molecule has 1 saturated heterocycles. The molecule has 0 saturated carbocycles. The maximum Gasteiger partial charge on any atom is 0.244 e. The van der Waals surface area contributed by atoms with E-state index in [9.17, 15) is 0 Å². The number of hydrogen-bond acceptors (Lipinski definition) is 4. The first-order chi connectivity index (χ1) is 9.22. The molecule has 1 aromatic carbocycles. The van der Waals surface area contributed by atoms with Gasteiger partial charge in [-0.05, 0) is 36.6 Å². The van der Waals surface area contributed by atoms with Crippen LogP contribution < -0.4 is 5.32 Å². The van der Waals surface area contributed by atoms with E-state index in [0.29, 0.717) is 18.2 Å². The van der Waals surface area contributed by atoms with Crippen LogP contribution in [0.4, 0.5) is 0 Å². The van der Waals surface area contributed by atoms with Crippen LogP contribution in [-0.2, 0) is 6.42 Å². The quantitative estimate of drug-likeness (QED) is 0.937. The van der Waals surface area contributed by atoms with Crippen LogP contribution in [-0.4, -0.2) is 16.7 Å². The van der Waals surface area contributed by atoms with Gasteiger partial charge in [-0.2, -0.15) is 4.98 Å². The van der Waals surface area contributed by atoms with Crippen LogP contribution in [0.5, 0.6) is 0 Å². The number of rotatable bonds is 3. The topological polar surface area (TPSA) is 51.0 Å². The standard InChI is InChI=1S/C14H16ClN3O/c1-9-6-7-16-13(9)14-17-12(18-19-14)8-10-2-4-11(15)5-3-10/h2-5,9,13,16H,6-8H2,1H3. The highest BCUT2D eigenvalue weighted by atomic mass is 35.5. The van der Waals surface area contributed by atoms with Crippen molar-refractivity contribution in [2.45, 2.75) is 25.8 Å². The predicted octanol–water partition coefficient (Wildman–Crippen LogP) is 2.98. The van der Waals surface area contributed by atoms with E-state index >= 15 is 0 Å². The second kappa shape index (κ2) is 5.31. The van der Waals surface area contributed by atoms with Crippen molar-refractivity contribution in [1.29, 1.82) is 0 Å². The lowest BCUT2D eigenvalue weighted by Gasteiger charge is -2.09. The summed E-state index contributed by atoms with van der Waals surface area (Å²) >= 11 is 5.86. The van der Waals surface area contributed by atoms with Gasteiger partial charge < -0.3 is 9.84 Å². The summed E-state index contributed by atoms with van der Waals surface area (Å²) in [6, 6.07) is 7.91. The molecule has 1 aliphatic rings. The molecular formula is C14H16ClN3O. The van der Waals surface area contributed by atoms with E-state index in [4.69, 9.17) is 16.1 Å². The van der Waals surface area contributed by atoms with Crippen LogP contribution in [0.25, 0.3) is 0 Å². The van der Waals surface area contributed by atoms with Crippen LogP contribution in [0.2, 0.25) is 5.02 Å². The second-order valence-electron chi connectivity index (χ2n) is 5.05. The molecule has 0 radical (unpaired) electrons. The van der Waals surface area contributed by atoms with E-state index in [0.717, 1.165) is 29.4 Å². The first-order valence-corrected chi connectivity index (χ1v) is 6.90. The highest BCUT2D eigenvalue weighted by Crippen LogP contribution is 2.27. The minimum atomic E-state index is 0.200. The van der Waals surface area contributed by atoms with Gasteiger partial charge in [-0.1, -0.05) is 35.8 Å². The zero-order chi connectivity index (χ0) is 13.2. The molecule has 0 spiro atoms. The van der Waals surface area contributed by atoms with Gasteiger partial charge in [-0.25, -0.2) is 0 Å². The monoisotopic (exact) mass is 277 g/mol. The molecule has 1 aliphatic heterocycles. The minimum Gasteiger partial charge on any atom is -0.338 e. The number of nitrogens with zero attached hydrogens (tertiary/aromatic N) is 2. The van der Waals surface area contributed by atoms with Crippen LogP contribution in [0.15, 0.2) is 28.8 Å². The largest absolute Gasteiger partial charge is 0.338 e. The Bertz CT molecular complexity index is 552. The molecule has 1 aromatic heterocycles. The molecule has 0 aliphatic carbocycles. The maximum atomic E-state index is 5.86. The molecule has 2 heterocycles. The fourth-order valence-corrected chi connectivity index (χ4v) is 2.54. The maximum absolute atomic E-state index is 5.86. The second-order valence-corrected chi connectivity index (χ2v) is 5.49. The van der Waals surface area contributed by atoms with Crippen LogP contribution in [0.3, 0.4) is 0 Å². The third-order valence-corrected chi connectivity index (χ3v) is 3.81. The molecule has 2 aromatic rings. The van der Waals surface area contributed by atoms with Gasteiger partial charge in [0, 0.05) is 11.4 Å². The third-order valence-electron chi connectivity index (χ3n) is 3.56. The Kier molecular flexibility index (Phi) is 3.53. The van der Waals surface area contributed by atoms with E-state index in [1.54, 1.807) is 0 Å². The lowest BCUT2D eigenvalue weighted by atomic mass is 10.0. The lowest BCUT2D eigenvalue weighted by Crippen LogP contribution is -2.16. The van der Waals surface area contributed by atoms with Crippen LogP contribution in [0.1, 0.15) is 36.7 Å². The van der Waals surface area contributed by atoms with Crippen molar-refractivity contribution in [3.63, 3.8) is 0 Å². The Labute approximate surface area is 117 Å². The fraction of sp³-hybridized carbons (Fsp3) is 0.429. The Hall–Kier alpha value is -1.39. The molecule has 2 atom stereocenters. The van der Waals surface area contributed by atoms with Crippen molar-refractivity contribution in [1.82, 2.24) is 15.5 Å². The van der Waals surface area contributed by atoms with Gasteiger partial charge in [0.05, 0.1) is 6.04 Å². The van der Waals surface area contributed by atoms with E-state index in [2.05, 4.69) is 22.4 Å². The number of hydrogen-bond donors (Lipinski definition) is 1. The van der Waals surface area contributed by atoms with Gasteiger partial charge in [-0.3, -0.25) is 0 Å². The van der Waals surface area contributed by atoms with Gasteiger partial charge in [0.25, 0.3) is 0 Å². The summed E-state index contributed by atoms with van der Waals surface area (Å²) in [5.41, 5.74) is 1.13. The summed E-state index contributed by atoms with van der Waals surface area (Å²) in [6.07, 6.45) is 1.82. The highest BCUT2D eigenvalue weighted by Gasteiger charge is 2.29. The van der Waals surface area contributed by atoms with E-state index < -0.39 is 0 Å². The fourth-order valence-electron chi connectivity index (χ4n) is 2.42. The van der Waals surface area contributed by atoms with Crippen molar-refractivity contribution in [3.05, 3.63) is 46.6 Å². The summed E-state index contributed by atoms with van der Waals surface area (Å²) in [5.74, 6) is 1.97. The molecule has 1 fully saturated rings. The normalized spacial score (nSPS) is 22.8. The van der Waals surface area contributed by atoms with Gasteiger partial charge >= 0.3 is 0 Å². The number of halogens is 1. The van der Waals surface area contributed by atoms with Gasteiger partial charge in [0.15, 0.2) is 5.82 Å². The van der Waals surface area contributed by atoms with Gasteiger partial charge in [-0.15, -0.1) is 0 Å². The Morgan fingerprint density at radius 1 is 1.37 bits per heavy atom. The summed E-state index contributed by atoms with van der Waals surface area (Å²) in [4.78, 5) is 4.49. The lowest BCUT2D eigenvalue weighted by molar-refractivity contribution is 0.317. The molecule has 100 valence electrons. The van der Waals surface area contributed by atoms with Crippen molar-refractivity contribution in [2.75, 3.05) is 6.54 Å². The van der Waals surface area contributed by atoms with Crippen molar-refractivity contribution >= 4 is 11.6 Å². The molecular weight excluding hydrogens is 262 g/mol. The highest BCUT2D eigenvalue weighted by molar-refractivity contribution is 6.30. The first-order valence-electron chi connectivity index (χ1n) is 6.52. The molecule has 0 bridgehead atoms. The first kappa shape index (κ1) is 12.6. The van der Waals surface area contributed by atoms with E-state index in [1.807, 2.05) is 24.3 Å². The third kappa shape index (κ3) is 2.80. The van der Waals surface area contributed by atoms with Crippen molar-refractivity contribution < 1.29 is 4.52 Å². The summed E-state index contributed by atoms with van der Waals surface area (Å²) in [7, 11) is 0. The SMILES string of the molecule is CC1CCNC1c1nc(Cc2ccc(Cl)cc2)no1. The van der Waals surface area contributed by atoms with Crippen LogP contribution in [0, 0.1) is 5.92 Å². The molecule has 2 unspecified atom stereocenters. The molecule has 5 heteroatoms. The van der Waals surface area contributed by atoms with Crippen molar-refractivity contribution in [3.8, 4) is 0 Å². The Morgan fingerprint density at radius 3 is 2.84 bits per heavy atom. The summed E-state index contributed by atoms with van der Waals surface area (Å²) < 4.78 is 5.37. The van der Waals surface area contributed by atoms with Crippen LogP contribution >= 0.6 is 11.6 Å². The zero-order valence-electron chi connectivity index (χ0n) is 10.8. The smallest absolute Gasteiger partial charge is 0.244 e. The van der Waals surface area contributed by atoms with Crippen molar-refractivity contribution in [2.24, 2.45) is 5.92 Å². The zero-order valence-corrected chi connectivity index (χ0v) is 11.5. The Balaban J connectivity index is 1.72. The number of nitrogens with one attached hydrogen (secondary N) is 1. The minimum absolute atomic E-state index is 0.200. The van der Waals surface area contributed by atoms with Gasteiger partial charge in [0.2, 0.25) is 5.89 Å².